The molecule has 1 heterocycles. The van der Waals surface area contributed by atoms with Crippen LogP contribution in [0.25, 0.3) is 10.9 Å². The molecule has 0 amide bonds. The van der Waals surface area contributed by atoms with Crippen LogP contribution in [0.15, 0.2) is 53.4 Å². The summed E-state index contributed by atoms with van der Waals surface area (Å²) in [5, 5.41) is 1.28. The summed E-state index contributed by atoms with van der Waals surface area (Å²) in [6.45, 7) is 5.24. The topological polar surface area (TPSA) is 4.93 Å². The molecule has 0 saturated heterocycles. The molecular formula is C17H17NS. The highest BCUT2D eigenvalue weighted by Crippen LogP contribution is 2.27. The van der Waals surface area contributed by atoms with Crippen LogP contribution in [0.3, 0.4) is 0 Å². The maximum atomic E-state index is 4.46. The van der Waals surface area contributed by atoms with Crippen molar-refractivity contribution in [3.63, 3.8) is 0 Å². The van der Waals surface area contributed by atoms with Gasteiger partial charge in [0.25, 0.3) is 0 Å². The first-order chi connectivity index (χ1) is 9.15. The summed E-state index contributed by atoms with van der Waals surface area (Å²) < 4.78 is 2.38. The lowest BCUT2D eigenvalue weighted by Gasteiger charge is -2.10. The fraction of sp³-hybridized carbons (Fsp3) is 0.176. The normalized spacial score (nSPS) is 11.1. The molecule has 0 aliphatic rings. The van der Waals surface area contributed by atoms with Crippen LogP contribution in [-0.2, 0) is 6.54 Å². The smallest absolute Gasteiger partial charge is 0.0516 e. The molecule has 3 rings (SSSR count). The van der Waals surface area contributed by atoms with Gasteiger partial charge < -0.3 is 4.57 Å². The molecule has 0 unspecified atom stereocenters. The number of thiol groups is 1. The zero-order valence-corrected chi connectivity index (χ0v) is 12.1. The van der Waals surface area contributed by atoms with Crippen LogP contribution in [0, 0.1) is 13.8 Å². The van der Waals surface area contributed by atoms with Crippen molar-refractivity contribution in [2.45, 2.75) is 25.3 Å². The van der Waals surface area contributed by atoms with E-state index >= 15 is 0 Å². The van der Waals surface area contributed by atoms with Crippen molar-refractivity contribution >= 4 is 23.5 Å². The van der Waals surface area contributed by atoms with Crippen LogP contribution < -0.4 is 0 Å². The van der Waals surface area contributed by atoms with Crippen LogP contribution in [0.2, 0.25) is 0 Å². The van der Waals surface area contributed by atoms with Gasteiger partial charge in [0.15, 0.2) is 0 Å². The summed E-state index contributed by atoms with van der Waals surface area (Å²) >= 11 is 4.46. The molecule has 96 valence electrons. The molecule has 19 heavy (non-hydrogen) atoms. The van der Waals surface area contributed by atoms with Crippen molar-refractivity contribution in [2.75, 3.05) is 0 Å². The molecule has 0 N–H and O–H groups in total. The molecule has 3 aromatic rings. The SMILES string of the molecule is Cc1cc(S)cc2cc(C)n(Cc3ccccc3)c12. The Morgan fingerprint density at radius 2 is 1.74 bits per heavy atom. The second-order valence-electron chi connectivity index (χ2n) is 5.06. The zero-order valence-electron chi connectivity index (χ0n) is 11.2. The quantitative estimate of drug-likeness (QED) is 0.648. The van der Waals surface area contributed by atoms with Crippen molar-refractivity contribution in [2.24, 2.45) is 0 Å². The van der Waals surface area contributed by atoms with Gasteiger partial charge in [0.2, 0.25) is 0 Å². The predicted octanol–water partition coefficient (Wildman–Crippen LogP) is 4.60. The second-order valence-corrected chi connectivity index (χ2v) is 5.57. The molecule has 0 atom stereocenters. The van der Waals surface area contributed by atoms with Crippen LogP contribution in [0.5, 0.6) is 0 Å². The van der Waals surface area contributed by atoms with E-state index in [1.807, 2.05) is 0 Å². The summed E-state index contributed by atoms with van der Waals surface area (Å²) in [6.07, 6.45) is 0. The maximum absolute atomic E-state index is 4.46. The first-order valence-electron chi connectivity index (χ1n) is 6.48. The summed E-state index contributed by atoms with van der Waals surface area (Å²) in [7, 11) is 0. The minimum atomic E-state index is 0.920. The van der Waals surface area contributed by atoms with Crippen molar-refractivity contribution in [3.05, 3.63) is 65.4 Å². The van der Waals surface area contributed by atoms with Gasteiger partial charge in [0.05, 0.1) is 5.52 Å². The highest BCUT2D eigenvalue weighted by molar-refractivity contribution is 7.80. The first kappa shape index (κ1) is 12.4. The van der Waals surface area contributed by atoms with E-state index in [0.29, 0.717) is 0 Å². The summed E-state index contributed by atoms with van der Waals surface area (Å²) in [5.41, 5.74) is 5.23. The molecule has 0 aliphatic heterocycles. The number of aryl methyl sites for hydroxylation is 2. The Hall–Kier alpha value is -1.67. The van der Waals surface area contributed by atoms with Crippen molar-refractivity contribution < 1.29 is 0 Å². The Morgan fingerprint density at radius 1 is 1.00 bits per heavy atom. The second kappa shape index (κ2) is 4.78. The predicted molar refractivity (Wildman–Crippen MR) is 84.2 cm³/mol. The molecule has 0 fully saturated rings. The van der Waals surface area contributed by atoms with Gasteiger partial charge in [0, 0.05) is 22.5 Å². The minimum absolute atomic E-state index is 0.920. The lowest BCUT2D eigenvalue weighted by Crippen LogP contribution is -2.02. The molecule has 1 aromatic heterocycles. The third-order valence-corrected chi connectivity index (χ3v) is 3.82. The van der Waals surface area contributed by atoms with Crippen molar-refractivity contribution in [1.29, 1.82) is 0 Å². The van der Waals surface area contributed by atoms with E-state index in [-0.39, 0.29) is 0 Å². The van der Waals surface area contributed by atoms with Crippen LogP contribution in [0.1, 0.15) is 16.8 Å². The van der Waals surface area contributed by atoms with Gasteiger partial charge in [-0.05, 0) is 43.2 Å². The van der Waals surface area contributed by atoms with Gasteiger partial charge in [-0.25, -0.2) is 0 Å². The van der Waals surface area contributed by atoms with E-state index in [2.05, 4.69) is 79.6 Å². The van der Waals surface area contributed by atoms with Crippen LogP contribution >= 0.6 is 12.6 Å². The molecule has 1 nitrogen and oxygen atoms in total. The summed E-state index contributed by atoms with van der Waals surface area (Å²) in [6, 6.07) is 17.1. The third-order valence-electron chi connectivity index (χ3n) is 3.56. The average molecular weight is 267 g/mol. The van der Waals surface area contributed by atoms with E-state index in [9.17, 15) is 0 Å². The number of benzene rings is 2. The van der Waals surface area contributed by atoms with E-state index in [1.165, 1.54) is 27.7 Å². The fourth-order valence-electron chi connectivity index (χ4n) is 2.72. The Morgan fingerprint density at radius 3 is 2.47 bits per heavy atom. The van der Waals surface area contributed by atoms with E-state index in [4.69, 9.17) is 0 Å². The number of rotatable bonds is 2. The lowest BCUT2D eigenvalue weighted by atomic mass is 10.1. The number of nitrogens with zero attached hydrogens (tertiary/aromatic N) is 1. The van der Waals surface area contributed by atoms with Crippen LogP contribution in [0.4, 0.5) is 0 Å². The largest absolute Gasteiger partial charge is 0.340 e. The van der Waals surface area contributed by atoms with Gasteiger partial charge >= 0.3 is 0 Å². The maximum Gasteiger partial charge on any atom is 0.0516 e. The number of aromatic nitrogens is 1. The molecule has 0 saturated carbocycles. The third kappa shape index (κ3) is 2.28. The van der Waals surface area contributed by atoms with E-state index in [0.717, 1.165) is 11.4 Å². The number of hydrogen-bond acceptors (Lipinski definition) is 1. The fourth-order valence-corrected chi connectivity index (χ4v) is 3.05. The average Bonchev–Trinajstić information content (AvgIpc) is 2.67. The minimum Gasteiger partial charge on any atom is -0.340 e. The Bertz CT molecular complexity index is 726. The van der Waals surface area contributed by atoms with Crippen molar-refractivity contribution in [3.8, 4) is 0 Å². The van der Waals surface area contributed by atoms with Gasteiger partial charge in [-0.3, -0.25) is 0 Å². The van der Waals surface area contributed by atoms with Gasteiger partial charge in [0.1, 0.15) is 0 Å². The Kier molecular flexibility index (Phi) is 3.11. The first-order valence-corrected chi connectivity index (χ1v) is 6.93. The molecular weight excluding hydrogens is 250 g/mol. The standard InChI is InChI=1S/C17H17NS/c1-12-8-16(19)10-15-9-13(2)18(17(12)15)11-14-6-4-3-5-7-14/h3-10,19H,11H2,1-2H3. The molecule has 0 spiro atoms. The van der Waals surface area contributed by atoms with Gasteiger partial charge in [-0.15, -0.1) is 12.6 Å². The molecule has 0 bridgehead atoms. The highest BCUT2D eigenvalue weighted by atomic mass is 32.1. The van der Waals surface area contributed by atoms with Crippen LogP contribution in [-0.4, -0.2) is 4.57 Å². The number of hydrogen-bond donors (Lipinski definition) is 1. The summed E-state index contributed by atoms with van der Waals surface area (Å²) in [4.78, 5) is 1.03. The van der Waals surface area contributed by atoms with E-state index in [1.54, 1.807) is 0 Å². The van der Waals surface area contributed by atoms with Crippen molar-refractivity contribution in [1.82, 2.24) is 4.57 Å². The van der Waals surface area contributed by atoms with E-state index < -0.39 is 0 Å². The Labute approximate surface area is 119 Å². The number of fused-ring (bicyclic) bond motifs is 1. The molecule has 0 radical (unpaired) electrons. The van der Waals surface area contributed by atoms with Gasteiger partial charge in [-0.2, -0.15) is 0 Å². The Balaban J connectivity index is 2.16. The zero-order chi connectivity index (χ0) is 13.4. The molecule has 0 aliphatic carbocycles. The van der Waals surface area contributed by atoms with Gasteiger partial charge in [-0.1, -0.05) is 30.3 Å². The molecule has 2 aromatic carbocycles. The lowest BCUT2D eigenvalue weighted by molar-refractivity contribution is 0.802. The monoisotopic (exact) mass is 267 g/mol. The molecule has 2 heteroatoms. The summed E-state index contributed by atoms with van der Waals surface area (Å²) in [5.74, 6) is 0. The highest BCUT2D eigenvalue weighted by Gasteiger charge is 2.09.